The zero-order valence-electron chi connectivity index (χ0n) is 19.8. The zero-order chi connectivity index (χ0) is 24.8. The van der Waals surface area contributed by atoms with E-state index < -0.39 is 9.84 Å². The molecule has 0 spiro atoms. The van der Waals surface area contributed by atoms with E-state index in [1.807, 2.05) is 36.1 Å². The molecule has 35 heavy (non-hydrogen) atoms. The number of likely N-dealkylation sites (N-methyl/N-ethyl adjacent to an activating group) is 1. The van der Waals surface area contributed by atoms with Crippen molar-refractivity contribution in [1.82, 2.24) is 25.1 Å². The summed E-state index contributed by atoms with van der Waals surface area (Å²) in [5.41, 5.74) is 2.48. The van der Waals surface area contributed by atoms with Crippen LogP contribution in [0.2, 0.25) is 0 Å². The average Bonchev–Trinajstić information content (AvgIpc) is 3.32. The molecule has 1 N–H and O–H groups in total. The highest BCUT2D eigenvalue weighted by Gasteiger charge is 2.17. The van der Waals surface area contributed by atoms with Gasteiger partial charge in [-0.1, -0.05) is 6.92 Å². The number of nitrogens with one attached hydrogen (secondary N) is 1. The van der Waals surface area contributed by atoms with Gasteiger partial charge in [-0.05, 0) is 65.5 Å². The lowest BCUT2D eigenvalue weighted by atomic mass is 10.2. The van der Waals surface area contributed by atoms with Gasteiger partial charge in [0.05, 0.1) is 36.9 Å². The van der Waals surface area contributed by atoms with Crippen molar-refractivity contribution in [3.63, 3.8) is 0 Å². The molecule has 0 aliphatic carbocycles. The van der Waals surface area contributed by atoms with E-state index in [1.165, 1.54) is 16.8 Å². The summed E-state index contributed by atoms with van der Waals surface area (Å²) in [6.45, 7) is 6.25. The number of ether oxygens (including phenoxy) is 1. The summed E-state index contributed by atoms with van der Waals surface area (Å²) >= 11 is 0. The Morgan fingerprint density at radius 2 is 1.71 bits per heavy atom. The van der Waals surface area contributed by atoms with Crippen molar-refractivity contribution < 1.29 is 17.9 Å². The lowest BCUT2D eigenvalue weighted by Gasteiger charge is -2.29. The molecule has 3 aromatic rings. The minimum absolute atomic E-state index is 0.137. The van der Waals surface area contributed by atoms with Crippen molar-refractivity contribution in [3.8, 4) is 5.69 Å². The number of nitrogens with zero attached hydrogens (tertiary/aromatic N) is 6. The Morgan fingerprint density at radius 1 is 1.06 bits per heavy atom. The molecule has 4 rings (SSSR count). The molecule has 1 aromatic heterocycles. The summed E-state index contributed by atoms with van der Waals surface area (Å²) in [6.07, 6.45) is 1.16. The van der Waals surface area contributed by atoms with Crippen molar-refractivity contribution in [1.29, 1.82) is 0 Å². The Hall–Kier alpha value is -3.35. The van der Waals surface area contributed by atoms with Crippen LogP contribution in [0.3, 0.4) is 0 Å². The van der Waals surface area contributed by atoms with Crippen LogP contribution < -0.4 is 10.2 Å². The number of tetrazole rings is 1. The monoisotopic (exact) mass is 499 g/mol. The summed E-state index contributed by atoms with van der Waals surface area (Å²) in [7, 11) is -3.29. The summed E-state index contributed by atoms with van der Waals surface area (Å²) in [5.74, 6) is 0.407. The van der Waals surface area contributed by atoms with Crippen LogP contribution in [0.4, 0.5) is 11.4 Å². The maximum atomic E-state index is 12.7. The fourth-order valence-electron chi connectivity index (χ4n) is 3.80. The fraction of sp³-hybridized carbons (Fsp3) is 0.391. The van der Waals surface area contributed by atoms with Gasteiger partial charge in [-0.3, -0.25) is 9.69 Å². The molecule has 0 unspecified atom stereocenters. The van der Waals surface area contributed by atoms with E-state index in [2.05, 4.69) is 25.7 Å². The normalized spacial score (nSPS) is 14.3. The minimum atomic E-state index is -3.29. The molecule has 0 atom stereocenters. The largest absolute Gasteiger partial charge is 0.378 e. The van der Waals surface area contributed by atoms with E-state index in [0.717, 1.165) is 43.9 Å². The van der Waals surface area contributed by atoms with Gasteiger partial charge in [0.1, 0.15) is 0 Å². The van der Waals surface area contributed by atoms with Crippen molar-refractivity contribution in [3.05, 3.63) is 54.4 Å². The first kappa shape index (κ1) is 24.8. The van der Waals surface area contributed by atoms with Gasteiger partial charge in [0, 0.05) is 30.7 Å². The Balaban J connectivity index is 1.36. The van der Waals surface area contributed by atoms with Crippen LogP contribution in [0.15, 0.2) is 53.4 Å². The molecule has 1 saturated heterocycles. The molecule has 1 amide bonds. The molecule has 186 valence electrons. The maximum Gasteiger partial charge on any atom is 0.238 e. The molecule has 0 saturated carbocycles. The number of aromatic nitrogens is 4. The number of amides is 1. The highest BCUT2D eigenvalue weighted by atomic mass is 32.2. The van der Waals surface area contributed by atoms with Crippen molar-refractivity contribution in [2.45, 2.75) is 18.4 Å². The Morgan fingerprint density at radius 3 is 2.34 bits per heavy atom. The second-order valence-electron chi connectivity index (χ2n) is 8.27. The first-order valence-corrected chi connectivity index (χ1v) is 13.3. The lowest BCUT2D eigenvalue weighted by Crippen LogP contribution is -2.36. The van der Waals surface area contributed by atoms with Crippen molar-refractivity contribution in [2.24, 2.45) is 0 Å². The number of hydrogen-bond acceptors (Lipinski definition) is 9. The fourth-order valence-corrected chi connectivity index (χ4v) is 4.43. The van der Waals surface area contributed by atoms with Gasteiger partial charge in [-0.2, -0.15) is 4.68 Å². The van der Waals surface area contributed by atoms with Crippen LogP contribution in [-0.2, 0) is 25.9 Å². The standard InChI is InChI=1S/C23H29N7O4S/c1-3-28(16-22-25-26-27-30(22)20-8-10-21(11-9-20)35(2,32)33)17-23(31)24-18-4-6-19(7-5-18)29-12-14-34-15-13-29/h4-11H,3,12-17H2,1-2H3,(H,24,31). The summed E-state index contributed by atoms with van der Waals surface area (Å²) in [6, 6.07) is 14.2. The smallest absolute Gasteiger partial charge is 0.238 e. The van der Waals surface area contributed by atoms with E-state index in [4.69, 9.17) is 4.74 Å². The van der Waals surface area contributed by atoms with Crippen molar-refractivity contribution in [2.75, 3.05) is 55.9 Å². The predicted octanol–water partition coefficient (Wildman–Crippen LogP) is 1.36. The van der Waals surface area contributed by atoms with E-state index in [1.54, 1.807) is 12.1 Å². The third-order valence-electron chi connectivity index (χ3n) is 5.75. The SMILES string of the molecule is CCN(CC(=O)Nc1ccc(N2CCOCC2)cc1)Cc1nnnn1-c1ccc(S(C)(=O)=O)cc1. The van der Waals surface area contributed by atoms with E-state index >= 15 is 0 Å². The van der Waals surface area contributed by atoms with Gasteiger partial charge in [0.25, 0.3) is 0 Å². The highest BCUT2D eigenvalue weighted by molar-refractivity contribution is 7.90. The molecule has 1 fully saturated rings. The van der Waals surface area contributed by atoms with Crippen molar-refractivity contribution >= 4 is 27.1 Å². The second kappa shape index (κ2) is 10.9. The molecule has 12 heteroatoms. The number of carbonyl (C=O) groups is 1. The van der Waals surface area contributed by atoms with Crippen LogP contribution in [-0.4, -0.2) is 85.1 Å². The molecule has 1 aliphatic heterocycles. The van der Waals surface area contributed by atoms with Gasteiger partial charge < -0.3 is 15.0 Å². The van der Waals surface area contributed by atoms with Gasteiger partial charge in [-0.15, -0.1) is 5.10 Å². The van der Waals surface area contributed by atoms with E-state index in [-0.39, 0.29) is 17.3 Å². The Bertz CT molecular complexity index is 1240. The molecular weight excluding hydrogens is 470 g/mol. The lowest BCUT2D eigenvalue weighted by molar-refractivity contribution is -0.117. The Labute approximate surface area is 204 Å². The number of benzene rings is 2. The molecular formula is C23H29N7O4S. The zero-order valence-corrected chi connectivity index (χ0v) is 20.6. The predicted molar refractivity (Wildman–Crippen MR) is 131 cm³/mol. The van der Waals surface area contributed by atoms with Crippen LogP contribution >= 0.6 is 0 Å². The van der Waals surface area contributed by atoms with Gasteiger partial charge >= 0.3 is 0 Å². The number of carbonyl (C=O) groups excluding carboxylic acids is 1. The third kappa shape index (κ3) is 6.41. The third-order valence-corrected chi connectivity index (χ3v) is 6.88. The molecule has 2 aromatic carbocycles. The van der Waals surface area contributed by atoms with E-state index in [0.29, 0.717) is 24.6 Å². The second-order valence-corrected chi connectivity index (χ2v) is 10.3. The van der Waals surface area contributed by atoms with E-state index in [9.17, 15) is 13.2 Å². The van der Waals surface area contributed by atoms with Crippen LogP contribution in [0.1, 0.15) is 12.7 Å². The maximum absolute atomic E-state index is 12.7. The molecule has 0 bridgehead atoms. The topological polar surface area (TPSA) is 123 Å². The molecule has 1 aliphatic rings. The minimum Gasteiger partial charge on any atom is -0.378 e. The number of sulfone groups is 1. The first-order valence-electron chi connectivity index (χ1n) is 11.4. The van der Waals surface area contributed by atoms with Crippen LogP contribution in [0.25, 0.3) is 5.69 Å². The average molecular weight is 500 g/mol. The first-order chi connectivity index (χ1) is 16.8. The summed E-state index contributed by atoms with van der Waals surface area (Å²) < 4.78 is 30.3. The number of rotatable bonds is 9. The quantitative estimate of drug-likeness (QED) is 0.465. The number of hydrogen-bond donors (Lipinski definition) is 1. The van der Waals surface area contributed by atoms with Crippen LogP contribution in [0, 0.1) is 0 Å². The molecule has 11 nitrogen and oxygen atoms in total. The van der Waals surface area contributed by atoms with Crippen LogP contribution in [0.5, 0.6) is 0 Å². The highest BCUT2D eigenvalue weighted by Crippen LogP contribution is 2.19. The Kier molecular flexibility index (Phi) is 7.73. The van der Waals surface area contributed by atoms with Gasteiger partial charge in [0.15, 0.2) is 15.7 Å². The summed E-state index contributed by atoms with van der Waals surface area (Å²) in [4.78, 5) is 17.1. The molecule has 0 radical (unpaired) electrons. The van der Waals surface area contributed by atoms with Gasteiger partial charge in [-0.25, -0.2) is 8.42 Å². The summed E-state index contributed by atoms with van der Waals surface area (Å²) in [5, 5.41) is 14.8. The number of morpholine rings is 1. The number of anilines is 2. The van der Waals surface area contributed by atoms with Gasteiger partial charge in [0.2, 0.25) is 5.91 Å². The molecule has 2 heterocycles.